The molecule has 0 amide bonds. The van der Waals surface area contributed by atoms with E-state index in [1.54, 1.807) is 0 Å². The van der Waals surface area contributed by atoms with Crippen LogP contribution in [0.15, 0.2) is 134 Å². The molecule has 0 fully saturated rings. The van der Waals surface area contributed by atoms with E-state index < -0.39 is 6.10 Å². The molecule has 1 atom stereocenters. The summed E-state index contributed by atoms with van der Waals surface area (Å²) in [5, 5.41) is 0. The van der Waals surface area contributed by atoms with Crippen molar-refractivity contribution in [1.82, 2.24) is 0 Å². The van der Waals surface area contributed by atoms with Gasteiger partial charge < -0.3 is 14.2 Å². The van der Waals surface area contributed by atoms with Crippen molar-refractivity contribution in [2.45, 2.75) is 284 Å². The van der Waals surface area contributed by atoms with Crippen LogP contribution in [-0.4, -0.2) is 37.2 Å². The van der Waals surface area contributed by atoms with E-state index in [9.17, 15) is 14.4 Å². The van der Waals surface area contributed by atoms with Crippen LogP contribution in [0.25, 0.3) is 0 Å². The monoisotopic (exact) mass is 1060 g/mol. The molecule has 0 radical (unpaired) electrons. The second-order valence-electron chi connectivity index (χ2n) is 20.6. The maximum absolute atomic E-state index is 12.9. The van der Waals surface area contributed by atoms with E-state index in [1.807, 2.05) is 0 Å². The van der Waals surface area contributed by atoms with Gasteiger partial charge in [-0.2, -0.15) is 0 Å². The van der Waals surface area contributed by atoms with Gasteiger partial charge in [-0.05, 0) is 141 Å². The lowest BCUT2D eigenvalue weighted by Crippen LogP contribution is -2.30. The number of hydrogen-bond acceptors (Lipinski definition) is 6. The van der Waals surface area contributed by atoms with Gasteiger partial charge in [0.25, 0.3) is 0 Å². The van der Waals surface area contributed by atoms with Crippen LogP contribution in [0.2, 0.25) is 0 Å². The van der Waals surface area contributed by atoms with Gasteiger partial charge in [0.15, 0.2) is 6.10 Å². The van der Waals surface area contributed by atoms with Crippen molar-refractivity contribution >= 4 is 17.9 Å². The van der Waals surface area contributed by atoms with Crippen LogP contribution in [0.5, 0.6) is 0 Å². The van der Waals surface area contributed by atoms with Gasteiger partial charge in [0.2, 0.25) is 0 Å². The molecule has 436 valence electrons. The van der Waals surface area contributed by atoms with Gasteiger partial charge in [-0.15, -0.1) is 0 Å². The SMILES string of the molecule is CC/C=C\C/C=C\C/C=C\C/C=C\C/C=C\C/C=C\C/C=C\CCCCCC(=O)OCC(COC(=O)CCCCCCC/C=C\CCCCCCCC)OC(=O)CCCCCCCC/C=C\C/C=C\C/C=C\CCCCC. The Morgan fingerprint density at radius 1 is 0.273 bits per heavy atom. The van der Waals surface area contributed by atoms with E-state index in [0.29, 0.717) is 19.3 Å². The molecule has 0 spiro atoms. The van der Waals surface area contributed by atoms with Crippen LogP contribution in [0.4, 0.5) is 0 Å². The maximum atomic E-state index is 12.9. The van der Waals surface area contributed by atoms with Gasteiger partial charge >= 0.3 is 17.9 Å². The number of esters is 3. The molecule has 0 aromatic heterocycles. The number of carbonyl (C=O) groups excluding carboxylic acids is 3. The fourth-order valence-corrected chi connectivity index (χ4v) is 8.36. The van der Waals surface area contributed by atoms with E-state index in [0.717, 1.165) is 148 Å². The lowest BCUT2D eigenvalue weighted by Gasteiger charge is -2.18. The molecule has 0 saturated carbocycles. The first-order valence-corrected chi connectivity index (χ1v) is 31.7. The smallest absolute Gasteiger partial charge is 0.306 e. The predicted molar refractivity (Wildman–Crippen MR) is 334 cm³/mol. The zero-order valence-electron chi connectivity index (χ0n) is 49.9. The van der Waals surface area contributed by atoms with Gasteiger partial charge in [0, 0.05) is 19.3 Å². The van der Waals surface area contributed by atoms with Crippen LogP contribution in [-0.2, 0) is 28.6 Å². The minimum absolute atomic E-state index is 0.102. The number of allylic oxidation sites excluding steroid dienone is 22. The summed E-state index contributed by atoms with van der Waals surface area (Å²) < 4.78 is 16.9. The Morgan fingerprint density at radius 2 is 0.506 bits per heavy atom. The first-order chi connectivity index (χ1) is 38.0. The van der Waals surface area contributed by atoms with Gasteiger partial charge in [-0.25, -0.2) is 0 Å². The number of unbranched alkanes of at least 4 members (excludes halogenated alkanes) is 23. The van der Waals surface area contributed by atoms with Crippen molar-refractivity contribution in [1.29, 1.82) is 0 Å². The van der Waals surface area contributed by atoms with E-state index in [2.05, 4.69) is 154 Å². The summed E-state index contributed by atoms with van der Waals surface area (Å²) in [5.74, 6) is -0.955. The lowest BCUT2D eigenvalue weighted by molar-refractivity contribution is -0.167. The van der Waals surface area contributed by atoms with E-state index >= 15 is 0 Å². The first kappa shape index (κ1) is 72.5. The van der Waals surface area contributed by atoms with Gasteiger partial charge in [-0.1, -0.05) is 251 Å². The highest BCUT2D eigenvalue weighted by Crippen LogP contribution is 2.14. The molecule has 0 aliphatic carbocycles. The summed E-state index contributed by atoms with van der Waals surface area (Å²) >= 11 is 0. The Morgan fingerprint density at radius 3 is 0.844 bits per heavy atom. The second-order valence-corrected chi connectivity index (χ2v) is 20.6. The Hall–Kier alpha value is -4.45. The molecule has 6 nitrogen and oxygen atoms in total. The molecule has 0 saturated heterocycles. The third kappa shape index (κ3) is 62.3. The lowest BCUT2D eigenvalue weighted by atomic mass is 10.1. The maximum Gasteiger partial charge on any atom is 0.306 e. The van der Waals surface area contributed by atoms with E-state index in [4.69, 9.17) is 14.2 Å². The number of hydrogen-bond donors (Lipinski definition) is 0. The molecule has 0 aromatic carbocycles. The molecule has 0 rings (SSSR count). The molecular formula is C71H116O6. The largest absolute Gasteiger partial charge is 0.462 e. The van der Waals surface area contributed by atoms with Crippen LogP contribution >= 0.6 is 0 Å². The van der Waals surface area contributed by atoms with Crippen LogP contribution < -0.4 is 0 Å². The minimum Gasteiger partial charge on any atom is -0.462 e. The summed E-state index contributed by atoms with van der Waals surface area (Å²) in [7, 11) is 0. The average Bonchev–Trinajstić information content (AvgIpc) is 3.43. The van der Waals surface area contributed by atoms with Gasteiger partial charge in [0.1, 0.15) is 13.2 Å². The van der Waals surface area contributed by atoms with E-state index in [-0.39, 0.29) is 31.1 Å². The molecule has 77 heavy (non-hydrogen) atoms. The van der Waals surface area contributed by atoms with Crippen molar-refractivity contribution in [2.75, 3.05) is 13.2 Å². The third-order valence-electron chi connectivity index (χ3n) is 13.1. The van der Waals surface area contributed by atoms with Crippen molar-refractivity contribution in [3.8, 4) is 0 Å². The van der Waals surface area contributed by atoms with Gasteiger partial charge in [-0.3, -0.25) is 14.4 Å². The summed E-state index contributed by atoms with van der Waals surface area (Å²) in [6, 6.07) is 0. The highest BCUT2D eigenvalue weighted by Gasteiger charge is 2.19. The minimum atomic E-state index is -0.809. The summed E-state index contributed by atoms with van der Waals surface area (Å²) in [5.41, 5.74) is 0. The predicted octanol–water partition coefficient (Wildman–Crippen LogP) is 21.8. The number of ether oxygens (including phenoxy) is 3. The zero-order chi connectivity index (χ0) is 55.7. The fourth-order valence-electron chi connectivity index (χ4n) is 8.36. The van der Waals surface area contributed by atoms with Crippen molar-refractivity contribution in [3.05, 3.63) is 134 Å². The quantitative estimate of drug-likeness (QED) is 0.0261. The van der Waals surface area contributed by atoms with Crippen LogP contribution in [0.3, 0.4) is 0 Å². The topological polar surface area (TPSA) is 78.9 Å². The molecule has 1 unspecified atom stereocenters. The Labute approximate surface area is 475 Å². The van der Waals surface area contributed by atoms with Crippen molar-refractivity contribution in [3.63, 3.8) is 0 Å². The number of carbonyl (C=O) groups is 3. The third-order valence-corrected chi connectivity index (χ3v) is 13.1. The molecular weight excluding hydrogens is 949 g/mol. The molecule has 6 heteroatoms. The van der Waals surface area contributed by atoms with E-state index in [1.165, 1.54) is 89.9 Å². The Kier molecular flexibility index (Phi) is 60.4. The van der Waals surface area contributed by atoms with Crippen molar-refractivity contribution < 1.29 is 28.6 Å². The molecule has 0 aromatic rings. The normalized spacial score (nSPS) is 13.0. The zero-order valence-corrected chi connectivity index (χ0v) is 49.9. The van der Waals surface area contributed by atoms with Crippen molar-refractivity contribution in [2.24, 2.45) is 0 Å². The first-order valence-electron chi connectivity index (χ1n) is 31.7. The fraction of sp³-hybridized carbons (Fsp3) is 0.648. The standard InChI is InChI=1S/C71H116O6/c1-4-7-10-13-16-19-22-25-28-30-32-33-34-35-36-37-39-40-43-46-49-52-55-58-61-64-70(73)76-67-68(66-75-69(72)63-60-57-54-51-48-45-42-27-24-21-18-15-12-9-6-3)77-71(74)65-62-59-56-53-50-47-44-41-38-31-29-26-23-20-17-14-11-8-5-2/h7,10,16-17,19-20,25-29,32-33,35-36,38-42,46,49,68H,4-6,8-9,11-15,18,21-24,30-31,34,37,43-45,47-48,50-67H2,1-3H3/b10-7-,19-16-,20-17-,28-25-,29-26-,33-32-,36-35-,40-39-,41-38-,42-27-,49-46-. The Bertz CT molecular complexity index is 1650. The van der Waals surface area contributed by atoms with Crippen LogP contribution in [0, 0.1) is 0 Å². The summed E-state index contributed by atoms with van der Waals surface area (Å²) in [6.45, 7) is 6.45. The second kappa shape index (κ2) is 64.1. The molecule has 0 heterocycles. The molecule has 0 aliphatic rings. The van der Waals surface area contributed by atoms with Gasteiger partial charge in [0.05, 0.1) is 0 Å². The highest BCUT2D eigenvalue weighted by molar-refractivity contribution is 5.71. The number of rotatable bonds is 56. The molecule has 0 bridgehead atoms. The molecule has 0 aliphatic heterocycles. The van der Waals surface area contributed by atoms with Crippen LogP contribution in [0.1, 0.15) is 278 Å². The average molecular weight is 1070 g/mol. The molecule has 0 N–H and O–H groups in total. The highest BCUT2D eigenvalue weighted by atomic mass is 16.6. The summed E-state index contributed by atoms with van der Waals surface area (Å²) in [4.78, 5) is 38.3. The summed E-state index contributed by atoms with van der Waals surface area (Å²) in [6.07, 6.45) is 90.1. The Balaban J connectivity index is 4.49.